The molecular formula is C12H18N4O. The molecule has 0 radical (unpaired) electrons. The highest BCUT2D eigenvalue weighted by Crippen LogP contribution is 2.10. The number of aryl methyl sites for hydroxylation is 1. The fourth-order valence-corrected chi connectivity index (χ4v) is 1.68. The van der Waals surface area contributed by atoms with E-state index >= 15 is 0 Å². The zero-order valence-corrected chi connectivity index (χ0v) is 10.4. The van der Waals surface area contributed by atoms with Crippen LogP contribution in [0.2, 0.25) is 0 Å². The van der Waals surface area contributed by atoms with E-state index in [0.717, 1.165) is 11.5 Å². The van der Waals surface area contributed by atoms with E-state index in [1.165, 1.54) is 0 Å². The Morgan fingerprint density at radius 3 is 2.88 bits per heavy atom. The molecule has 17 heavy (non-hydrogen) atoms. The summed E-state index contributed by atoms with van der Waals surface area (Å²) in [5.74, 6) is 0.863. The first kappa shape index (κ1) is 11.9. The predicted molar refractivity (Wildman–Crippen MR) is 64.5 cm³/mol. The Morgan fingerprint density at radius 2 is 2.29 bits per heavy atom. The van der Waals surface area contributed by atoms with Crippen molar-refractivity contribution in [2.75, 3.05) is 0 Å². The Kier molecular flexibility index (Phi) is 3.58. The Balaban J connectivity index is 1.87. The van der Waals surface area contributed by atoms with Crippen LogP contribution in [0.25, 0.3) is 0 Å². The third-order valence-corrected chi connectivity index (χ3v) is 2.94. The van der Waals surface area contributed by atoms with Gasteiger partial charge in [0.05, 0.1) is 18.3 Å². The summed E-state index contributed by atoms with van der Waals surface area (Å²) < 4.78 is 7.10. The molecule has 0 amide bonds. The van der Waals surface area contributed by atoms with Crippen LogP contribution in [-0.4, -0.2) is 21.0 Å². The normalized spacial score (nSPS) is 14.8. The molecule has 0 fully saturated rings. The van der Waals surface area contributed by atoms with Crippen LogP contribution in [0, 0.1) is 6.92 Å². The lowest BCUT2D eigenvalue weighted by molar-refractivity contribution is 0.328. The molecule has 0 spiro atoms. The minimum absolute atomic E-state index is 0.300. The van der Waals surface area contributed by atoms with Crippen LogP contribution in [0.15, 0.2) is 29.0 Å². The standard InChI is InChI=1S/C12H18N4O/c1-9-7-12(17-15-9)8-13-10(2)11(3)16-6-4-5-14-16/h4-7,10-11,13H,8H2,1-3H3/t10-,11+/m0/s1. The van der Waals surface area contributed by atoms with Gasteiger partial charge in [-0.15, -0.1) is 0 Å². The molecule has 2 atom stereocenters. The third-order valence-electron chi connectivity index (χ3n) is 2.94. The van der Waals surface area contributed by atoms with Crippen molar-refractivity contribution in [3.05, 3.63) is 36.0 Å². The smallest absolute Gasteiger partial charge is 0.150 e. The van der Waals surface area contributed by atoms with E-state index in [1.54, 1.807) is 6.20 Å². The zero-order chi connectivity index (χ0) is 12.3. The summed E-state index contributed by atoms with van der Waals surface area (Å²) in [6.07, 6.45) is 3.77. The van der Waals surface area contributed by atoms with E-state index < -0.39 is 0 Å². The molecule has 0 aliphatic rings. The quantitative estimate of drug-likeness (QED) is 0.858. The zero-order valence-electron chi connectivity index (χ0n) is 10.4. The van der Waals surface area contributed by atoms with E-state index in [-0.39, 0.29) is 0 Å². The second kappa shape index (κ2) is 5.14. The van der Waals surface area contributed by atoms with Gasteiger partial charge in [-0.3, -0.25) is 4.68 Å². The van der Waals surface area contributed by atoms with Gasteiger partial charge in [-0.1, -0.05) is 5.16 Å². The molecule has 0 aliphatic carbocycles. The SMILES string of the molecule is Cc1cc(CN[C@@H](C)[C@@H](C)n2cccn2)on1. The van der Waals surface area contributed by atoms with Crippen molar-refractivity contribution in [1.29, 1.82) is 0 Å². The Labute approximate surface area is 101 Å². The van der Waals surface area contributed by atoms with Crippen LogP contribution >= 0.6 is 0 Å². The van der Waals surface area contributed by atoms with Crippen molar-refractivity contribution >= 4 is 0 Å². The molecule has 0 aromatic carbocycles. The number of rotatable bonds is 5. The van der Waals surface area contributed by atoms with Gasteiger partial charge in [0, 0.05) is 24.5 Å². The van der Waals surface area contributed by atoms with Gasteiger partial charge in [-0.25, -0.2) is 0 Å². The van der Waals surface area contributed by atoms with Crippen molar-refractivity contribution < 1.29 is 4.52 Å². The van der Waals surface area contributed by atoms with Gasteiger partial charge in [0.2, 0.25) is 0 Å². The summed E-state index contributed by atoms with van der Waals surface area (Å²) in [6, 6.07) is 4.48. The maximum atomic E-state index is 5.15. The van der Waals surface area contributed by atoms with Gasteiger partial charge in [-0.05, 0) is 26.8 Å². The highest BCUT2D eigenvalue weighted by atomic mass is 16.5. The van der Waals surface area contributed by atoms with Gasteiger partial charge in [-0.2, -0.15) is 5.10 Å². The molecule has 1 N–H and O–H groups in total. The molecule has 0 saturated carbocycles. The van der Waals surface area contributed by atoms with Gasteiger partial charge < -0.3 is 9.84 Å². The molecule has 2 aromatic rings. The van der Waals surface area contributed by atoms with Crippen molar-refractivity contribution in [2.24, 2.45) is 0 Å². The van der Waals surface area contributed by atoms with E-state index in [1.807, 2.05) is 29.9 Å². The maximum Gasteiger partial charge on any atom is 0.150 e. The molecule has 2 heterocycles. The monoisotopic (exact) mass is 234 g/mol. The van der Waals surface area contributed by atoms with E-state index in [9.17, 15) is 0 Å². The van der Waals surface area contributed by atoms with Crippen LogP contribution < -0.4 is 5.32 Å². The second-order valence-corrected chi connectivity index (χ2v) is 4.33. The summed E-state index contributed by atoms with van der Waals surface area (Å²) in [5.41, 5.74) is 0.912. The topological polar surface area (TPSA) is 55.9 Å². The van der Waals surface area contributed by atoms with E-state index in [2.05, 4.69) is 29.4 Å². The summed E-state index contributed by atoms with van der Waals surface area (Å²) in [6.45, 7) is 6.88. The van der Waals surface area contributed by atoms with Gasteiger partial charge in [0.15, 0.2) is 5.76 Å². The van der Waals surface area contributed by atoms with Crippen LogP contribution in [0.1, 0.15) is 31.3 Å². The van der Waals surface area contributed by atoms with Crippen LogP contribution in [0.3, 0.4) is 0 Å². The molecule has 0 unspecified atom stereocenters. The van der Waals surface area contributed by atoms with Crippen molar-refractivity contribution in [2.45, 2.75) is 39.4 Å². The van der Waals surface area contributed by atoms with E-state index in [0.29, 0.717) is 18.6 Å². The van der Waals surface area contributed by atoms with Gasteiger partial charge in [0.1, 0.15) is 0 Å². The van der Waals surface area contributed by atoms with E-state index in [4.69, 9.17) is 4.52 Å². The molecule has 5 nitrogen and oxygen atoms in total. The summed E-state index contributed by atoms with van der Waals surface area (Å²) in [5, 5.41) is 11.5. The maximum absolute atomic E-state index is 5.15. The number of hydrogen-bond acceptors (Lipinski definition) is 4. The van der Waals surface area contributed by atoms with Crippen LogP contribution in [0.5, 0.6) is 0 Å². The van der Waals surface area contributed by atoms with Crippen molar-refractivity contribution in [3.8, 4) is 0 Å². The summed E-state index contributed by atoms with van der Waals surface area (Å²) in [4.78, 5) is 0. The highest BCUT2D eigenvalue weighted by Gasteiger charge is 2.14. The fraction of sp³-hybridized carbons (Fsp3) is 0.500. The lowest BCUT2D eigenvalue weighted by Crippen LogP contribution is -2.33. The molecule has 0 aliphatic heterocycles. The van der Waals surface area contributed by atoms with Crippen LogP contribution in [0.4, 0.5) is 0 Å². The fourth-order valence-electron chi connectivity index (χ4n) is 1.68. The second-order valence-electron chi connectivity index (χ2n) is 4.33. The molecule has 2 aromatic heterocycles. The highest BCUT2D eigenvalue weighted by molar-refractivity contribution is 5.02. The molecule has 2 rings (SSSR count). The minimum Gasteiger partial charge on any atom is -0.360 e. The largest absolute Gasteiger partial charge is 0.360 e. The van der Waals surface area contributed by atoms with Gasteiger partial charge >= 0.3 is 0 Å². The molecule has 0 saturated heterocycles. The lowest BCUT2D eigenvalue weighted by Gasteiger charge is -2.21. The van der Waals surface area contributed by atoms with Crippen molar-refractivity contribution in [1.82, 2.24) is 20.3 Å². The van der Waals surface area contributed by atoms with Crippen molar-refractivity contribution in [3.63, 3.8) is 0 Å². The van der Waals surface area contributed by atoms with Crippen LogP contribution in [-0.2, 0) is 6.54 Å². The number of nitrogens with zero attached hydrogens (tertiary/aromatic N) is 3. The third kappa shape index (κ3) is 2.94. The molecule has 5 heteroatoms. The average Bonchev–Trinajstić information content (AvgIpc) is 2.95. The Bertz CT molecular complexity index is 449. The molecular weight excluding hydrogens is 216 g/mol. The first-order valence-electron chi connectivity index (χ1n) is 5.81. The Morgan fingerprint density at radius 1 is 1.47 bits per heavy atom. The molecule has 92 valence electrons. The number of aromatic nitrogens is 3. The summed E-state index contributed by atoms with van der Waals surface area (Å²) in [7, 11) is 0. The predicted octanol–water partition coefficient (Wildman–Crippen LogP) is 1.92. The first-order valence-corrected chi connectivity index (χ1v) is 5.81. The summed E-state index contributed by atoms with van der Waals surface area (Å²) >= 11 is 0. The number of hydrogen-bond donors (Lipinski definition) is 1. The average molecular weight is 234 g/mol. The number of nitrogens with one attached hydrogen (secondary N) is 1. The Hall–Kier alpha value is -1.62. The first-order chi connectivity index (χ1) is 8.16. The van der Waals surface area contributed by atoms with Gasteiger partial charge in [0.25, 0.3) is 0 Å². The minimum atomic E-state index is 0.300. The molecule has 0 bridgehead atoms. The lowest BCUT2D eigenvalue weighted by atomic mass is 10.1.